The van der Waals surface area contributed by atoms with Crippen molar-refractivity contribution in [2.24, 2.45) is 0 Å². The highest BCUT2D eigenvalue weighted by Crippen LogP contribution is 2.41. The van der Waals surface area contributed by atoms with E-state index in [1.807, 2.05) is 10.8 Å². The highest BCUT2D eigenvalue weighted by Gasteiger charge is 2.46. The zero-order valence-electron chi connectivity index (χ0n) is 20.2. The number of ether oxygens (including phenoxy) is 1. The molecule has 1 aliphatic heterocycles. The summed E-state index contributed by atoms with van der Waals surface area (Å²) in [7, 11) is 0. The fourth-order valence-corrected chi connectivity index (χ4v) is 4.82. The Morgan fingerprint density at radius 1 is 1.25 bits per heavy atom. The average Bonchev–Trinajstić information content (AvgIpc) is 3.52. The second-order valence-corrected chi connectivity index (χ2v) is 8.98. The number of nitrogens with zero attached hydrogens (tertiary/aromatic N) is 3. The van der Waals surface area contributed by atoms with Gasteiger partial charge in [0.15, 0.2) is 0 Å². The summed E-state index contributed by atoms with van der Waals surface area (Å²) in [6.07, 6.45) is 5.74. The van der Waals surface area contributed by atoms with Crippen LogP contribution in [0.2, 0.25) is 5.02 Å². The van der Waals surface area contributed by atoms with Crippen LogP contribution >= 0.6 is 11.6 Å². The summed E-state index contributed by atoms with van der Waals surface area (Å²) in [5.41, 5.74) is 1.93. The number of aliphatic hydroxyl groups is 1. The Balaban J connectivity index is 1.79. The third-order valence-electron chi connectivity index (χ3n) is 6.23. The van der Waals surface area contributed by atoms with Gasteiger partial charge in [-0.2, -0.15) is 0 Å². The lowest BCUT2D eigenvalue weighted by atomic mass is 9.94. The van der Waals surface area contributed by atoms with Gasteiger partial charge in [-0.1, -0.05) is 23.7 Å². The molecule has 0 unspecified atom stereocenters. The molecular weight excluding hydrogens is 484 g/mol. The zero-order valence-corrected chi connectivity index (χ0v) is 21.0. The van der Waals surface area contributed by atoms with E-state index in [9.17, 15) is 19.5 Å². The molecule has 0 saturated carbocycles. The Bertz CT molecular complexity index is 1340. The number of likely N-dealkylation sites (tertiary alicyclic amines) is 1. The van der Waals surface area contributed by atoms with E-state index in [0.29, 0.717) is 40.4 Å². The summed E-state index contributed by atoms with van der Waals surface area (Å²) in [6.45, 7) is 6.10. The van der Waals surface area contributed by atoms with Gasteiger partial charge in [-0.25, -0.2) is 9.78 Å². The molecule has 3 aromatic rings. The number of halogens is 1. The maximum absolute atomic E-state index is 13.3. The van der Waals surface area contributed by atoms with Crippen molar-refractivity contribution in [1.29, 1.82) is 0 Å². The summed E-state index contributed by atoms with van der Waals surface area (Å²) < 4.78 is 6.98. The smallest absolute Gasteiger partial charge is 0.355 e. The number of Topliss-reactive ketones (excluding diaryl/α,β-unsaturated/α-hetero) is 1. The minimum absolute atomic E-state index is 0.0505. The number of rotatable bonds is 8. The topological polar surface area (TPSA) is 118 Å². The molecule has 0 aliphatic carbocycles. The van der Waals surface area contributed by atoms with E-state index in [1.54, 1.807) is 57.6 Å². The maximum Gasteiger partial charge on any atom is 0.355 e. The van der Waals surface area contributed by atoms with E-state index < -0.39 is 23.7 Å². The lowest BCUT2D eigenvalue weighted by Gasteiger charge is -2.25. The zero-order chi connectivity index (χ0) is 26.0. The molecule has 10 heteroatoms. The van der Waals surface area contributed by atoms with Gasteiger partial charge in [0.1, 0.15) is 11.5 Å². The van der Waals surface area contributed by atoms with Crippen LogP contribution in [-0.4, -0.2) is 55.4 Å². The molecule has 2 aromatic heterocycles. The number of carbonyl (C=O) groups excluding carboxylic acids is 3. The molecule has 2 N–H and O–H groups in total. The minimum Gasteiger partial charge on any atom is -0.507 e. The number of carbonyl (C=O) groups is 3. The van der Waals surface area contributed by atoms with Gasteiger partial charge in [-0.15, -0.1) is 0 Å². The summed E-state index contributed by atoms with van der Waals surface area (Å²) in [6, 6.07) is 6.03. The van der Waals surface area contributed by atoms with Crippen molar-refractivity contribution < 1.29 is 24.2 Å². The van der Waals surface area contributed by atoms with Crippen LogP contribution in [0, 0.1) is 13.8 Å². The number of hydrogen-bond donors (Lipinski definition) is 2. The second-order valence-electron chi connectivity index (χ2n) is 8.55. The molecule has 1 amide bonds. The first kappa shape index (κ1) is 25.2. The number of aliphatic hydroxyl groups excluding tert-OH is 1. The van der Waals surface area contributed by atoms with Crippen LogP contribution in [0.25, 0.3) is 5.76 Å². The second kappa shape index (κ2) is 10.4. The first-order valence-corrected chi connectivity index (χ1v) is 12.0. The first-order valence-electron chi connectivity index (χ1n) is 11.6. The monoisotopic (exact) mass is 510 g/mol. The molecular formula is C26H27ClN4O5. The van der Waals surface area contributed by atoms with E-state index in [4.69, 9.17) is 16.3 Å². The highest BCUT2D eigenvalue weighted by molar-refractivity contribution is 6.46. The fraction of sp³-hybridized carbons (Fsp3) is 0.308. The lowest BCUT2D eigenvalue weighted by Crippen LogP contribution is -2.31. The fourth-order valence-electron chi connectivity index (χ4n) is 4.62. The van der Waals surface area contributed by atoms with E-state index in [1.165, 1.54) is 4.90 Å². The Hall–Kier alpha value is -3.85. The molecule has 1 fully saturated rings. The first-order chi connectivity index (χ1) is 17.2. The molecule has 0 bridgehead atoms. The number of nitrogens with one attached hydrogen (secondary N) is 1. The molecule has 188 valence electrons. The third kappa shape index (κ3) is 4.66. The Morgan fingerprint density at radius 2 is 2.03 bits per heavy atom. The van der Waals surface area contributed by atoms with Crippen molar-refractivity contribution in [3.05, 3.63) is 81.7 Å². The van der Waals surface area contributed by atoms with Crippen molar-refractivity contribution in [3.8, 4) is 0 Å². The third-order valence-corrected chi connectivity index (χ3v) is 6.47. The highest BCUT2D eigenvalue weighted by atomic mass is 35.5. The number of imidazole rings is 1. The largest absolute Gasteiger partial charge is 0.507 e. The molecule has 3 heterocycles. The Kier molecular flexibility index (Phi) is 7.30. The van der Waals surface area contributed by atoms with Gasteiger partial charge in [-0.3, -0.25) is 9.59 Å². The Labute approximate surface area is 213 Å². The van der Waals surface area contributed by atoms with Crippen LogP contribution in [0.4, 0.5) is 0 Å². The van der Waals surface area contributed by atoms with Crippen molar-refractivity contribution in [2.45, 2.75) is 39.8 Å². The summed E-state index contributed by atoms with van der Waals surface area (Å²) in [5.74, 6) is -2.41. The SMILES string of the molecule is CCOC(=O)c1[nH]c(C)c(C(O)=C2C(=O)C(=O)N(CCCn3ccnc3)[C@H]2c2cccc(Cl)c2)c1C. The van der Waals surface area contributed by atoms with Crippen LogP contribution < -0.4 is 0 Å². The minimum atomic E-state index is -0.841. The van der Waals surface area contributed by atoms with Gasteiger partial charge in [0.2, 0.25) is 0 Å². The van der Waals surface area contributed by atoms with Gasteiger partial charge >= 0.3 is 5.97 Å². The van der Waals surface area contributed by atoms with E-state index >= 15 is 0 Å². The summed E-state index contributed by atoms with van der Waals surface area (Å²) in [4.78, 5) is 47.3. The van der Waals surface area contributed by atoms with Gasteiger partial charge in [0.05, 0.1) is 24.5 Å². The van der Waals surface area contributed by atoms with Crippen molar-refractivity contribution in [3.63, 3.8) is 0 Å². The van der Waals surface area contributed by atoms with Crippen LogP contribution in [0.1, 0.15) is 52.3 Å². The number of benzene rings is 1. The van der Waals surface area contributed by atoms with Crippen LogP contribution in [0.15, 0.2) is 48.6 Å². The number of ketones is 1. The van der Waals surface area contributed by atoms with Gasteiger partial charge in [-0.05, 0) is 50.5 Å². The number of amides is 1. The number of aryl methyl sites for hydroxylation is 2. The van der Waals surface area contributed by atoms with Crippen molar-refractivity contribution in [2.75, 3.05) is 13.2 Å². The van der Waals surface area contributed by atoms with Crippen LogP contribution in [0.3, 0.4) is 0 Å². The number of aromatic nitrogens is 3. The predicted octanol–water partition coefficient (Wildman–Crippen LogP) is 4.17. The predicted molar refractivity (Wildman–Crippen MR) is 134 cm³/mol. The summed E-state index contributed by atoms with van der Waals surface area (Å²) >= 11 is 6.24. The quantitative estimate of drug-likeness (QED) is 0.203. The van der Waals surface area contributed by atoms with Crippen molar-refractivity contribution in [1.82, 2.24) is 19.4 Å². The molecule has 4 rings (SSSR count). The molecule has 0 spiro atoms. The molecule has 0 radical (unpaired) electrons. The average molecular weight is 511 g/mol. The van der Waals surface area contributed by atoms with Gasteiger partial charge in [0.25, 0.3) is 11.7 Å². The molecule has 1 atom stereocenters. The standard InChI is InChI=1S/C26H27ClN4O5/c1-4-36-26(35)21-15(2)19(16(3)29-21)23(32)20-22(17-7-5-8-18(27)13-17)31(25(34)24(20)33)11-6-10-30-12-9-28-14-30/h5,7-9,12-14,22,29,32H,4,6,10-11H2,1-3H3/t22-/m0/s1. The number of aromatic amines is 1. The molecule has 36 heavy (non-hydrogen) atoms. The Morgan fingerprint density at radius 3 is 2.69 bits per heavy atom. The number of esters is 1. The van der Waals surface area contributed by atoms with Gasteiger partial charge < -0.3 is 24.3 Å². The van der Waals surface area contributed by atoms with Crippen LogP contribution in [0.5, 0.6) is 0 Å². The van der Waals surface area contributed by atoms with E-state index in [2.05, 4.69) is 9.97 Å². The summed E-state index contributed by atoms with van der Waals surface area (Å²) in [5, 5.41) is 11.9. The molecule has 9 nitrogen and oxygen atoms in total. The number of hydrogen-bond acceptors (Lipinski definition) is 6. The molecule has 1 saturated heterocycles. The number of H-pyrrole nitrogens is 1. The lowest BCUT2D eigenvalue weighted by molar-refractivity contribution is -0.139. The maximum atomic E-state index is 13.3. The van der Waals surface area contributed by atoms with Crippen LogP contribution in [-0.2, 0) is 20.9 Å². The molecule has 1 aromatic carbocycles. The molecule has 1 aliphatic rings. The normalized spacial score (nSPS) is 17.1. The van der Waals surface area contributed by atoms with E-state index in [0.717, 1.165) is 0 Å². The van der Waals surface area contributed by atoms with Gasteiger partial charge in [0, 0.05) is 41.8 Å². The van der Waals surface area contributed by atoms with E-state index in [-0.39, 0.29) is 30.2 Å². The van der Waals surface area contributed by atoms with Crippen molar-refractivity contribution >= 4 is 35.0 Å².